The fraction of sp³-hybridized carbons (Fsp3) is 0.571. The highest BCUT2D eigenvalue weighted by Gasteiger charge is 2.24. The van der Waals surface area contributed by atoms with Crippen molar-refractivity contribution in [2.75, 3.05) is 5.32 Å². The highest BCUT2D eigenvalue weighted by Crippen LogP contribution is 2.21. The number of carboxylic acids is 1. The number of anilines is 1. The highest BCUT2D eigenvalue weighted by atomic mass is 16.4. The molecule has 0 spiro atoms. The van der Waals surface area contributed by atoms with Gasteiger partial charge in [0.05, 0.1) is 5.69 Å². The lowest BCUT2D eigenvalue weighted by molar-refractivity contribution is -0.138. The third kappa shape index (κ3) is 3.23. The second kappa shape index (κ2) is 6.85. The minimum absolute atomic E-state index is 0.128. The van der Waals surface area contributed by atoms with Crippen LogP contribution in [0.15, 0.2) is 0 Å². The van der Waals surface area contributed by atoms with Crippen molar-refractivity contribution in [3.05, 3.63) is 16.8 Å². The van der Waals surface area contributed by atoms with Crippen LogP contribution in [0.4, 0.5) is 5.82 Å². The molecule has 1 heterocycles. The zero-order chi connectivity index (χ0) is 15.3. The molecular formula is C14H20N4O2. The monoisotopic (exact) mass is 276 g/mol. The zero-order valence-electron chi connectivity index (χ0n) is 12.3. The lowest BCUT2D eigenvalue weighted by Crippen LogP contribution is -2.35. The van der Waals surface area contributed by atoms with E-state index in [9.17, 15) is 15.2 Å². The van der Waals surface area contributed by atoms with Gasteiger partial charge in [-0.25, -0.2) is 4.79 Å². The summed E-state index contributed by atoms with van der Waals surface area (Å²) in [5, 5.41) is 29.4. The van der Waals surface area contributed by atoms with Crippen LogP contribution in [0.1, 0.15) is 44.5 Å². The first kappa shape index (κ1) is 15.9. The number of aryl methyl sites for hydroxylation is 1. The summed E-state index contributed by atoms with van der Waals surface area (Å²) in [7, 11) is 0. The number of rotatable bonds is 6. The van der Waals surface area contributed by atoms with Gasteiger partial charge in [-0.1, -0.05) is 27.7 Å². The molecule has 0 saturated carbocycles. The molecule has 1 aromatic rings. The van der Waals surface area contributed by atoms with Crippen molar-refractivity contribution in [3.8, 4) is 6.07 Å². The summed E-state index contributed by atoms with van der Waals surface area (Å²) >= 11 is 0. The van der Waals surface area contributed by atoms with E-state index in [2.05, 4.69) is 21.6 Å². The predicted molar refractivity (Wildman–Crippen MR) is 75.4 cm³/mol. The van der Waals surface area contributed by atoms with Gasteiger partial charge in [-0.2, -0.15) is 10.4 Å². The molecule has 0 bridgehead atoms. The van der Waals surface area contributed by atoms with Crippen molar-refractivity contribution < 1.29 is 9.90 Å². The SMILES string of the molecule is CCc1nnc(NC(C(=O)O)C(C)C)c(C#N)c1CC. The number of carboxylic acid groups (broad SMARTS) is 1. The minimum Gasteiger partial charge on any atom is -0.480 e. The van der Waals surface area contributed by atoms with Crippen molar-refractivity contribution in [1.29, 1.82) is 5.26 Å². The number of aromatic nitrogens is 2. The average molecular weight is 276 g/mol. The van der Waals surface area contributed by atoms with Gasteiger partial charge < -0.3 is 10.4 Å². The molecule has 0 aliphatic carbocycles. The van der Waals surface area contributed by atoms with Gasteiger partial charge in [0.15, 0.2) is 5.82 Å². The van der Waals surface area contributed by atoms with Gasteiger partial charge in [-0.05, 0) is 24.3 Å². The van der Waals surface area contributed by atoms with Gasteiger partial charge in [-0.3, -0.25) is 0 Å². The number of nitrogens with one attached hydrogen (secondary N) is 1. The van der Waals surface area contributed by atoms with Crippen LogP contribution in [0, 0.1) is 17.2 Å². The number of hydrogen-bond donors (Lipinski definition) is 2. The van der Waals surface area contributed by atoms with E-state index in [0.717, 1.165) is 11.3 Å². The van der Waals surface area contributed by atoms with Crippen LogP contribution in [0.3, 0.4) is 0 Å². The number of aliphatic carboxylic acids is 1. The van der Waals surface area contributed by atoms with E-state index in [1.54, 1.807) is 13.8 Å². The van der Waals surface area contributed by atoms with Crippen molar-refractivity contribution >= 4 is 11.8 Å². The number of carbonyl (C=O) groups is 1. The molecule has 0 radical (unpaired) electrons. The molecule has 0 aromatic carbocycles. The second-order valence-electron chi connectivity index (χ2n) is 4.87. The smallest absolute Gasteiger partial charge is 0.326 e. The maximum Gasteiger partial charge on any atom is 0.326 e. The lowest BCUT2D eigenvalue weighted by atomic mass is 10.0. The predicted octanol–water partition coefficient (Wildman–Crippen LogP) is 1.99. The van der Waals surface area contributed by atoms with Gasteiger partial charge >= 0.3 is 5.97 Å². The summed E-state index contributed by atoms with van der Waals surface area (Å²) in [5.74, 6) is -0.845. The molecule has 6 nitrogen and oxygen atoms in total. The van der Waals surface area contributed by atoms with Crippen LogP contribution in [0.25, 0.3) is 0 Å². The first-order valence-electron chi connectivity index (χ1n) is 6.74. The topological polar surface area (TPSA) is 98.9 Å². The van der Waals surface area contributed by atoms with Crippen LogP contribution < -0.4 is 5.32 Å². The Hall–Kier alpha value is -2.16. The van der Waals surface area contributed by atoms with Gasteiger partial charge in [-0.15, -0.1) is 5.10 Å². The Morgan fingerprint density at radius 3 is 2.40 bits per heavy atom. The van der Waals surface area contributed by atoms with E-state index in [1.165, 1.54) is 0 Å². The molecule has 20 heavy (non-hydrogen) atoms. The summed E-state index contributed by atoms with van der Waals surface area (Å²) < 4.78 is 0. The normalized spacial score (nSPS) is 12.0. The van der Waals surface area contributed by atoms with Crippen molar-refractivity contribution in [1.82, 2.24) is 10.2 Å². The van der Waals surface area contributed by atoms with Crippen molar-refractivity contribution in [3.63, 3.8) is 0 Å². The van der Waals surface area contributed by atoms with Crippen LogP contribution >= 0.6 is 0 Å². The Morgan fingerprint density at radius 2 is 2.00 bits per heavy atom. The van der Waals surface area contributed by atoms with Crippen molar-refractivity contribution in [2.45, 2.75) is 46.6 Å². The van der Waals surface area contributed by atoms with E-state index >= 15 is 0 Å². The van der Waals surface area contributed by atoms with Gasteiger partial charge in [0.2, 0.25) is 0 Å². The molecule has 0 fully saturated rings. The maximum atomic E-state index is 11.2. The summed E-state index contributed by atoms with van der Waals surface area (Å²) in [6.07, 6.45) is 1.35. The standard InChI is InChI=1S/C14H20N4O2/c1-5-9-10(7-15)13(18-17-11(9)6-2)16-12(8(3)4)14(19)20/h8,12H,5-6H2,1-4H3,(H,16,18)(H,19,20). The van der Waals surface area contributed by atoms with E-state index in [4.69, 9.17) is 0 Å². The van der Waals surface area contributed by atoms with Gasteiger partial charge in [0.25, 0.3) is 0 Å². The Balaban J connectivity index is 3.26. The number of nitriles is 1. The molecular weight excluding hydrogens is 256 g/mol. The molecule has 2 N–H and O–H groups in total. The lowest BCUT2D eigenvalue weighted by Gasteiger charge is -2.20. The Morgan fingerprint density at radius 1 is 1.35 bits per heavy atom. The summed E-state index contributed by atoms with van der Waals surface area (Å²) in [6.45, 7) is 7.49. The second-order valence-corrected chi connectivity index (χ2v) is 4.87. The fourth-order valence-electron chi connectivity index (χ4n) is 2.06. The average Bonchev–Trinajstić information content (AvgIpc) is 2.42. The van der Waals surface area contributed by atoms with E-state index in [1.807, 2.05) is 13.8 Å². The molecule has 1 rings (SSSR count). The molecule has 0 aliphatic heterocycles. The van der Waals surface area contributed by atoms with Crippen LogP contribution in [0.5, 0.6) is 0 Å². The van der Waals surface area contributed by atoms with Crippen molar-refractivity contribution in [2.24, 2.45) is 5.92 Å². The van der Waals surface area contributed by atoms with Crippen LogP contribution in [-0.2, 0) is 17.6 Å². The van der Waals surface area contributed by atoms with E-state index < -0.39 is 12.0 Å². The molecule has 1 unspecified atom stereocenters. The minimum atomic E-state index is -0.969. The quantitative estimate of drug-likeness (QED) is 0.824. The molecule has 6 heteroatoms. The largest absolute Gasteiger partial charge is 0.480 e. The first-order valence-corrected chi connectivity index (χ1v) is 6.74. The number of hydrogen-bond acceptors (Lipinski definition) is 5. The molecule has 1 aromatic heterocycles. The molecule has 0 saturated heterocycles. The van der Waals surface area contributed by atoms with E-state index in [-0.39, 0.29) is 11.7 Å². The molecule has 108 valence electrons. The summed E-state index contributed by atoms with van der Waals surface area (Å²) in [6, 6.07) is 1.32. The van der Waals surface area contributed by atoms with Gasteiger partial charge in [0.1, 0.15) is 17.7 Å². The first-order chi connectivity index (χ1) is 9.46. The Bertz CT molecular complexity index is 535. The summed E-state index contributed by atoms with van der Waals surface area (Å²) in [5.41, 5.74) is 2.01. The van der Waals surface area contributed by atoms with Crippen LogP contribution in [-0.4, -0.2) is 27.3 Å². The van der Waals surface area contributed by atoms with Gasteiger partial charge in [0, 0.05) is 0 Å². The highest BCUT2D eigenvalue weighted by molar-refractivity contribution is 5.78. The van der Waals surface area contributed by atoms with Crippen LogP contribution in [0.2, 0.25) is 0 Å². The van der Waals surface area contributed by atoms with E-state index in [0.29, 0.717) is 18.4 Å². The number of nitrogens with zero attached hydrogens (tertiary/aromatic N) is 3. The fourth-order valence-corrected chi connectivity index (χ4v) is 2.06. The zero-order valence-corrected chi connectivity index (χ0v) is 12.3. The third-order valence-electron chi connectivity index (χ3n) is 3.18. The maximum absolute atomic E-state index is 11.2. The molecule has 0 amide bonds. The Kier molecular flexibility index (Phi) is 5.44. The molecule has 1 atom stereocenters. The third-order valence-corrected chi connectivity index (χ3v) is 3.18. The molecule has 0 aliphatic rings. The summed E-state index contributed by atoms with van der Waals surface area (Å²) in [4.78, 5) is 11.2. The Labute approximate surface area is 118 Å².